The molecule has 0 aliphatic heterocycles. The van der Waals surface area contributed by atoms with Crippen LogP contribution in [0, 0.1) is 11.3 Å². The lowest BCUT2D eigenvalue weighted by atomic mass is 9.70. The lowest BCUT2D eigenvalue weighted by molar-refractivity contribution is 0.249. The van der Waals surface area contributed by atoms with Gasteiger partial charge in [-0.25, -0.2) is 0 Å². The Morgan fingerprint density at radius 2 is 2.13 bits per heavy atom. The summed E-state index contributed by atoms with van der Waals surface area (Å²) in [6.07, 6.45) is 13.6. The average Bonchev–Trinajstić information content (AvgIpc) is 2.17. The summed E-state index contributed by atoms with van der Waals surface area (Å²) in [5, 5.41) is 0. The van der Waals surface area contributed by atoms with Gasteiger partial charge in [0.2, 0.25) is 0 Å². The molecule has 0 saturated heterocycles. The van der Waals surface area contributed by atoms with E-state index in [1.54, 1.807) is 0 Å². The molecule has 0 heterocycles. The minimum Gasteiger partial charge on any atom is -0.0780 e. The zero-order valence-electron chi connectivity index (χ0n) is 10.8. The van der Waals surface area contributed by atoms with E-state index in [0.717, 1.165) is 5.92 Å². The van der Waals surface area contributed by atoms with Crippen LogP contribution in [0.15, 0.2) is 23.8 Å². The van der Waals surface area contributed by atoms with Crippen LogP contribution in [-0.4, -0.2) is 0 Å². The zero-order valence-corrected chi connectivity index (χ0v) is 10.8. The molecule has 86 valence electrons. The molecule has 0 aromatic heterocycles. The zero-order chi connectivity index (χ0) is 11.3. The molecular formula is C15H26. The van der Waals surface area contributed by atoms with Crippen LogP contribution < -0.4 is 0 Å². The first kappa shape index (κ1) is 12.5. The number of unbranched alkanes of at least 4 members (excludes halogenated alkanes) is 2. The molecule has 0 amide bonds. The molecule has 0 N–H and O–H groups in total. The second-order valence-corrected chi connectivity index (χ2v) is 5.45. The highest BCUT2D eigenvalue weighted by Gasteiger charge is 2.29. The standard InChI is InChI=1S/C15H26/c1-5-6-7-10-14(3)15(4)11-8-9-13(2)12-15/h8-9,11,14H,5-7,10,12H2,1-4H3. The SMILES string of the molecule is CCCCCC(C)C1(C)C=CC=C(C)C1. The van der Waals surface area contributed by atoms with Crippen LogP contribution in [0.25, 0.3) is 0 Å². The van der Waals surface area contributed by atoms with Crippen molar-refractivity contribution in [3.05, 3.63) is 23.8 Å². The maximum atomic E-state index is 2.42. The second kappa shape index (κ2) is 5.53. The van der Waals surface area contributed by atoms with Crippen LogP contribution >= 0.6 is 0 Å². The van der Waals surface area contributed by atoms with E-state index < -0.39 is 0 Å². The Bertz CT molecular complexity index is 247. The third kappa shape index (κ3) is 3.52. The molecule has 2 atom stereocenters. The molecule has 0 aromatic carbocycles. The summed E-state index contributed by atoms with van der Waals surface area (Å²) < 4.78 is 0. The van der Waals surface area contributed by atoms with Crippen LogP contribution in [-0.2, 0) is 0 Å². The molecular weight excluding hydrogens is 180 g/mol. The molecule has 2 unspecified atom stereocenters. The van der Waals surface area contributed by atoms with Gasteiger partial charge in [0.25, 0.3) is 0 Å². The van der Waals surface area contributed by atoms with Gasteiger partial charge >= 0.3 is 0 Å². The van der Waals surface area contributed by atoms with Gasteiger partial charge in [0, 0.05) is 0 Å². The number of hydrogen-bond donors (Lipinski definition) is 0. The average molecular weight is 206 g/mol. The molecule has 15 heavy (non-hydrogen) atoms. The molecule has 1 aliphatic carbocycles. The van der Waals surface area contributed by atoms with Crippen molar-refractivity contribution in [3.63, 3.8) is 0 Å². The van der Waals surface area contributed by atoms with E-state index in [9.17, 15) is 0 Å². The summed E-state index contributed by atoms with van der Waals surface area (Å²) in [5.41, 5.74) is 1.94. The molecule has 0 aromatic rings. The van der Waals surface area contributed by atoms with Gasteiger partial charge < -0.3 is 0 Å². The van der Waals surface area contributed by atoms with Crippen molar-refractivity contribution in [1.82, 2.24) is 0 Å². The molecule has 0 bridgehead atoms. The lowest BCUT2D eigenvalue weighted by Crippen LogP contribution is -2.24. The summed E-state index contributed by atoms with van der Waals surface area (Å²) in [4.78, 5) is 0. The van der Waals surface area contributed by atoms with Gasteiger partial charge in [0.05, 0.1) is 0 Å². The Hall–Kier alpha value is -0.520. The molecule has 0 nitrogen and oxygen atoms in total. The van der Waals surface area contributed by atoms with E-state index in [4.69, 9.17) is 0 Å². The molecule has 1 rings (SSSR count). The van der Waals surface area contributed by atoms with Crippen LogP contribution in [0.3, 0.4) is 0 Å². The number of rotatable bonds is 5. The quantitative estimate of drug-likeness (QED) is 0.548. The first-order valence-electron chi connectivity index (χ1n) is 6.43. The van der Waals surface area contributed by atoms with Crippen LogP contribution in [0.4, 0.5) is 0 Å². The topological polar surface area (TPSA) is 0 Å². The van der Waals surface area contributed by atoms with E-state index in [1.807, 2.05) is 0 Å². The molecule has 0 fully saturated rings. The highest BCUT2D eigenvalue weighted by molar-refractivity contribution is 5.22. The van der Waals surface area contributed by atoms with Crippen molar-refractivity contribution in [2.45, 2.75) is 59.8 Å². The van der Waals surface area contributed by atoms with E-state index in [1.165, 1.54) is 37.7 Å². The van der Waals surface area contributed by atoms with Gasteiger partial charge in [0.1, 0.15) is 0 Å². The Balaban J connectivity index is 2.47. The van der Waals surface area contributed by atoms with Gasteiger partial charge in [0.15, 0.2) is 0 Å². The minimum atomic E-state index is 0.409. The van der Waals surface area contributed by atoms with Crippen molar-refractivity contribution in [2.24, 2.45) is 11.3 Å². The third-order valence-corrected chi connectivity index (χ3v) is 3.88. The first-order chi connectivity index (χ1) is 7.08. The van der Waals surface area contributed by atoms with E-state index in [2.05, 4.69) is 45.9 Å². The Morgan fingerprint density at radius 1 is 1.40 bits per heavy atom. The van der Waals surface area contributed by atoms with Crippen molar-refractivity contribution < 1.29 is 0 Å². The summed E-state index contributed by atoms with van der Waals surface area (Å²) in [7, 11) is 0. The normalized spacial score (nSPS) is 27.6. The maximum Gasteiger partial charge on any atom is -0.00807 e. The van der Waals surface area contributed by atoms with E-state index in [-0.39, 0.29) is 0 Å². The van der Waals surface area contributed by atoms with Crippen LogP contribution in [0.2, 0.25) is 0 Å². The van der Waals surface area contributed by atoms with Gasteiger partial charge in [-0.15, -0.1) is 0 Å². The molecule has 0 heteroatoms. The fraction of sp³-hybridized carbons (Fsp3) is 0.733. The fourth-order valence-electron chi connectivity index (χ4n) is 2.52. The maximum absolute atomic E-state index is 2.42. The van der Waals surface area contributed by atoms with Crippen molar-refractivity contribution in [1.29, 1.82) is 0 Å². The van der Waals surface area contributed by atoms with Crippen molar-refractivity contribution in [3.8, 4) is 0 Å². The molecule has 0 radical (unpaired) electrons. The molecule has 1 aliphatic rings. The van der Waals surface area contributed by atoms with Gasteiger partial charge in [-0.2, -0.15) is 0 Å². The summed E-state index contributed by atoms with van der Waals surface area (Å²) in [6, 6.07) is 0. The van der Waals surface area contributed by atoms with Gasteiger partial charge in [-0.3, -0.25) is 0 Å². The second-order valence-electron chi connectivity index (χ2n) is 5.45. The first-order valence-corrected chi connectivity index (χ1v) is 6.43. The Kier molecular flexibility index (Phi) is 4.63. The van der Waals surface area contributed by atoms with Crippen molar-refractivity contribution >= 4 is 0 Å². The molecule has 0 saturated carbocycles. The Morgan fingerprint density at radius 3 is 2.73 bits per heavy atom. The predicted octanol–water partition coefficient (Wildman–Crippen LogP) is 5.12. The van der Waals surface area contributed by atoms with Crippen LogP contribution in [0.1, 0.15) is 59.8 Å². The van der Waals surface area contributed by atoms with Gasteiger partial charge in [-0.05, 0) is 31.1 Å². The monoisotopic (exact) mass is 206 g/mol. The lowest BCUT2D eigenvalue weighted by Gasteiger charge is -2.35. The largest absolute Gasteiger partial charge is 0.0780 e. The number of hydrogen-bond acceptors (Lipinski definition) is 0. The predicted molar refractivity (Wildman–Crippen MR) is 68.9 cm³/mol. The highest BCUT2D eigenvalue weighted by atomic mass is 14.3. The third-order valence-electron chi connectivity index (χ3n) is 3.88. The van der Waals surface area contributed by atoms with Crippen molar-refractivity contribution in [2.75, 3.05) is 0 Å². The molecule has 0 spiro atoms. The smallest absolute Gasteiger partial charge is 0.00807 e. The highest BCUT2D eigenvalue weighted by Crippen LogP contribution is 2.40. The van der Waals surface area contributed by atoms with Crippen LogP contribution in [0.5, 0.6) is 0 Å². The minimum absolute atomic E-state index is 0.409. The summed E-state index contributed by atoms with van der Waals surface area (Å²) in [6.45, 7) is 9.36. The van der Waals surface area contributed by atoms with E-state index >= 15 is 0 Å². The van der Waals surface area contributed by atoms with E-state index in [0.29, 0.717) is 5.41 Å². The van der Waals surface area contributed by atoms with Gasteiger partial charge in [-0.1, -0.05) is 63.8 Å². The Labute approximate surface area is 95.5 Å². The summed E-state index contributed by atoms with van der Waals surface area (Å²) in [5.74, 6) is 0.809. The summed E-state index contributed by atoms with van der Waals surface area (Å²) >= 11 is 0. The fourth-order valence-corrected chi connectivity index (χ4v) is 2.52. The number of allylic oxidation sites excluding steroid dienone is 4.